The molecule has 0 unspecified atom stereocenters. The second-order valence-electron chi connectivity index (χ2n) is 6.20. The number of imide groups is 1. The molecule has 146 valence electrons. The van der Waals surface area contributed by atoms with E-state index in [4.69, 9.17) is 0 Å². The minimum Gasteiger partial charge on any atom is -0.324 e. The van der Waals surface area contributed by atoms with E-state index in [0.717, 1.165) is 11.8 Å². The summed E-state index contributed by atoms with van der Waals surface area (Å²) in [5.74, 6) is -0.198. The van der Waals surface area contributed by atoms with Crippen LogP contribution in [-0.4, -0.2) is 48.5 Å². The Kier molecular flexibility index (Phi) is 5.34. The third kappa shape index (κ3) is 4.16. The maximum Gasteiger partial charge on any atom is 0.247 e. The Morgan fingerprint density at radius 3 is 2.69 bits per heavy atom. The van der Waals surface area contributed by atoms with Crippen molar-refractivity contribution in [1.29, 1.82) is 0 Å². The molecule has 0 saturated carbocycles. The Hall–Kier alpha value is -3.53. The van der Waals surface area contributed by atoms with Crippen LogP contribution in [0.1, 0.15) is 6.42 Å². The van der Waals surface area contributed by atoms with Gasteiger partial charge >= 0.3 is 0 Å². The van der Waals surface area contributed by atoms with Gasteiger partial charge in [0, 0.05) is 6.42 Å². The molecule has 3 amide bonds. The molecule has 4 rings (SSSR count). The van der Waals surface area contributed by atoms with E-state index < -0.39 is 5.25 Å². The number of carbonyl (C=O) groups is 3. The molecule has 1 atom stereocenters. The number of nitrogens with one attached hydrogen (secondary N) is 1. The predicted molar refractivity (Wildman–Crippen MR) is 108 cm³/mol. The molecular weight excluding hydrogens is 392 g/mol. The number of rotatable bonds is 6. The summed E-state index contributed by atoms with van der Waals surface area (Å²) in [6.45, 7) is 0. The number of benzene rings is 1. The normalized spacial score (nSPS) is 16.3. The predicted octanol–water partition coefficient (Wildman–Crippen LogP) is 1.67. The fourth-order valence-electron chi connectivity index (χ4n) is 2.88. The third-order valence-electron chi connectivity index (χ3n) is 4.22. The summed E-state index contributed by atoms with van der Waals surface area (Å²) in [6, 6.07) is 12.2. The van der Waals surface area contributed by atoms with E-state index in [2.05, 4.69) is 20.4 Å². The van der Waals surface area contributed by atoms with Crippen LogP contribution in [-0.2, 0) is 14.4 Å². The molecule has 0 spiro atoms. The number of hydrogen-bond donors (Lipinski definition) is 1. The lowest BCUT2D eigenvalue weighted by Crippen LogP contribution is -2.31. The first-order valence-electron chi connectivity index (χ1n) is 8.76. The number of hydrogen-bond acceptors (Lipinski definition) is 7. The van der Waals surface area contributed by atoms with Crippen LogP contribution in [0.25, 0.3) is 5.82 Å². The minimum absolute atomic E-state index is 0.0527. The topological polar surface area (TPSA) is 110 Å². The van der Waals surface area contributed by atoms with Crippen molar-refractivity contribution in [3.63, 3.8) is 0 Å². The molecular formula is C19H16N6O3S. The van der Waals surface area contributed by atoms with Gasteiger partial charge in [-0.2, -0.15) is 5.10 Å². The highest BCUT2D eigenvalue weighted by Gasteiger charge is 2.39. The molecule has 1 aliphatic heterocycles. The SMILES string of the molecule is O=C(CS[C@@H]1CC(=O)N(c2ccccc2)C1=O)Nc1ccc(-n2cncn2)nc1. The number of nitrogens with zero attached hydrogens (tertiary/aromatic N) is 5. The number of aromatic nitrogens is 4. The molecule has 29 heavy (non-hydrogen) atoms. The average molecular weight is 408 g/mol. The Bertz CT molecular complexity index is 1020. The van der Waals surface area contributed by atoms with Gasteiger partial charge in [0.1, 0.15) is 12.7 Å². The summed E-state index contributed by atoms with van der Waals surface area (Å²) in [4.78, 5) is 46.3. The van der Waals surface area contributed by atoms with E-state index in [1.54, 1.807) is 36.4 Å². The van der Waals surface area contributed by atoms with Crippen LogP contribution in [0, 0.1) is 0 Å². The van der Waals surface area contributed by atoms with Crippen molar-refractivity contribution < 1.29 is 14.4 Å². The first kappa shape index (κ1) is 18.8. The van der Waals surface area contributed by atoms with Gasteiger partial charge in [-0.25, -0.2) is 19.5 Å². The van der Waals surface area contributed by atoms with Gasteiger partial charge in [-0.3, -0.25) is 14.4 Å². The molecule has 2 aromatic heterocycles. The van der Waals surface area contributed by atoms with Crippen LogP contribution in [0.5, 0.6) is 0 Å². The smallest absolute Gasteiger partial charge is 0.247 e. The maximum atomic E-state index is 12.6. The van der Waals surface area contributed by atoms with Gasteiger partial charge in [0.05, 0.1) is 28.6 Å². The van der Waals surface area contributed by atoms with E-state index in [9.17, 15) is 14.4 Å². The van der Waals surface area contributed by atoms with Gasteiger partial charge in [-0.05, 0) is 24.3 Å². The van der Waals surface area contributed by atoms with Gasteiger partial charge in [0.25, 0.3) is 0 Å². The van der Waals surface area contributed by atoms with Crippen molar-refractivity contribution in [3.05, 3.63) is 61.3 Å². The van der Waals surface area contributed by atoms with Crippen LogP contribution >= 0.6 is 11.8 Å². The lowest BCUT2D eigenvalue weighted by atomic mass is 10.3. The highest BCUT2D eigenvalue weighted by atomic mass is 32.2. The van der Waals surface area contributed by atoms with Crippen molar-refractivity contribution in [2.24, 2.45) is 0 Å². The Labute approximate surface area is 170 Å². The molecule has 10 heteroatoms. The van der Waals surface area contributed by atoms with Crippen molar-refractivity contribution in [1.82, 2.24) is 19.7 Å². The summed E-state index contributed by atoms with van der Waals surface area (Å²) in [7, 11) is 0. The molecule has 9 nitrogen and oxygen atoms in total. The number of amides is 3. The van der Waals surface area contributed by atoms with Crippen LogP contribution in [0.15, 0.2) is 61.3 Å². The highest BCUT2D eigenvalue weighted by molar-refractivity contribution is 8.01. The van der Waals surface area contributed by atoms with Gasteiger partial charge in [0.15, 0.2) is 5.82 Å². The van der Waals surface area contributed by atoms with Crippen molar-refractivity contribution in [3.8, 4) is 5.82 Å². The highest BCUT2D eigenvalue weighted by Crippen LogP contribution is 2.29. The van der Waals surface area contributed by atoms with E-state index in [0.29, 0.717) is 17.2 Å². The molecule has 1 aliphatic rings. The number of carbonyl (C=O) groups excluding carboxylic acids is 3. The van der Waals surface area contributed by atoms with Crippen LogP contribution < -0.4 is 10.2 Å². The first-order valence-corrected chi connectivity index (χ1v) is 9.81. The fraction of sp³-hybridized carbons (Fsp3) is 0.158. The second kappa shape index (κ2) is 8.23. The molecule has 3 heterocycles. The van der Waals surface area contributed by atoms with Gasteiger partial charge < -0.3 is 5.32 Å². The summed E-state index contributed by atoms with van der Waals surface area (Å²) < 4.78 is 1.50. The average Bonchev–Trinajstić information content (AvgIpc) is 3.36. The molecule has 0 radical (unpaired) electrons. The number of para-hydroxylation sites is 1. The maximum absolute atomic E-state index is 12.6. The minimum atomic E-state index is -0.568. The standard InChI is InChI=1S/C19H16N6O3S/c26-17(23-13-6-7-16(21-9-13)24-12-20-11-22-24)10-29-15-8-18(27)25(19(15)28)14-4-2-1-3-5-14/h1-7,9,11-12,15H,8,10H2,(H,23,26)/t15-/m1/s1. The number of pyridine rings is 1. The monoisotopic (exact) mass is 408 g/mol. The Morgan fingerprint density at radius 1 is 1.17 bits per heavy atom. The van der Waals surface area contributed by atoms with E-state index in [1.165, 1.54) is 28.4 Å². The molecule has 1 saturated heterocycles. The van der Waals surface area contributed by atoms with Gasteiger partial charge in [0.2, 0.25) is 17.7 Å². The number of anilines is 2. The van der Waals surface area contributed by atoms with Crippen molar-refractivity contribution >= 4 is 40.9 Å². The van der Waals surface area contributed by atoms with Crippen LogP contribution in [0.4, 0.5) is 11.4 Å². The fourth-order valence-corrected chi connectivity index (χ4v) is 3.81. The number of thioether (sulfide) groups is 1. The molecule has 1 aromatic carbocycles. The zero-order valence-corrected chi connectivity index (χ0v) is 16.0. The molecule has 1 fully saturated rings. The van der Waals surface area contributed by atoms with Crippen molar-refractivity contribution in [2.45, 2.75) is 11.7 Å². The molecule has 0 aliphatic carbocycles. The lowest BCUT2D eigenvalue weighted by molar-refractivity contribution is -0.121. The Morgan fingerprint density at radius 2 is 2.00 bits per heavy atom. The molecule has 0 bridgehead atoms. The van der Waals surface area contributed by atoms with E-state index in [1.807, 2.05) is 6.07 Å². The lowest BCUT2D eigenvalue weighted by Gasteiger charge is -2.14. The largest absolute Gasteiger partial charge is 0.324 e. The quantitative estimate of drug-likeness (QED) is 0.618. The van der Waals surface area contributed by atoms with Crippen molar-refractivity contribution in [2.75, 3.05) is 16.0 Å². The first-order chi connectivity index (χ1) is 14.1. The molecule has 3 aromatic rings. The summed E-state index contributed by atoms with van der Waals surface area (Å²) >= 11 is 1.16. The van der Waals surface area contributed by atoms with Gasteiger partial charge in [-0.1, -0.05) is 18.2 Å². The summed E-state index contributed by atoms with van der Waals surface area (Å²) in [5.41, 5.74) is 1.08. The second-order valence-corrected chi connectivity index (χ2v) is 7.39. The van der Waals surface area contributed by atoms with Gasteiger partial charge in [-0.15, -0.1) is 11.8 Å². The summed E-state index contributed by atoms with van der Waals surface area (Å²) in [5, 5.41) is 6.14. The van der Waals surface area contributed by atoms with E-state index >= 15 is 0 Å². The van der Waals surface area contributed by atoms with Crippen LogP contribution in [0.2, 0.25) is 0 Å². The van der Waals surface area contributed by atoms with Crippen LogP contribution in [0.3, 0.4) is 0 Å². The third-order valence-corrected chi connectivity index (χ3v) is 5.42. The van der Waals surface area contributed by atoms with E-state index in [-0.39, 0.29) is 29.9 Å². The zero-order chi connectivity index (χ0) is 20.2. The summed E-state index contributed by atoms with van der Waals surface area (Å²) in [6.07, 6.45) is 4.53. The Balaban J connectivity index is 1.32. The zero-order valence-electron chi connectivity index (χ0n) is 15.1. The molecule has 1 N–H and O–H groups in total.